The highest BCUT2D eigenvalue weighted by Crippen LogP contribution is 2.14. The van der Waals surface area contributed by atoms with Crippen LogP contribution in [0, 0.1) is 0 Å². The number of rotatable bonds is 5. The van der Waals surface area contributed by atoms with Gasteiger partial charge in [0.1, 0.15) is 0 Å². The third-order valence-electron chi connectivity index (χ3n) is 3.15. The van der Waals surface area contributed by atoms with Crippen molar-refractivity contribution in [1.82, 2.24) is 9.80 Å². The van der Waals surface area contributed by atoms with Crippen LogP contribution in [0.4, 0.5) is 0 Å². The smallest absolute Gasteiger partial charge is 0.0455 e. The van der Waals surface area contributed by atoms with Gasteiger partial charge in [0.15, 0.2) is 0 Å². The van der Waals surface area contributed by atoms with E-state index in [0.29, 0.717) is 12.7 Å². The van der Waals surface area contributed by atoms with E-state index in [-0.39, 0.29) is 0 Å². The Morgan fingerprint density at radius 1 is 1.29 bits per heavy atom. The van der Waals surface area contributed by atoms with Gasteiger partial charge >= 0.3 is 0 Å². The summed E-state index contributed by atoms with van der Waals surface area (Å²) in [5, 5.41) is 0. The Balaban J connectivity index is 2.17. The fourth-order valence-electron chi connectivity index (χ4n) is 2.05. The lowest BCUT2D eigenvalue weighted by molar-refractivity contribution is 0.129. The molecular formula is C10H24N4. The molecule has 0 aliphatic carbocycles. The molecule has 0 radical (unpaired) electrons. The van der Waals surface area contributed by atoms with Gasteiger partial charge in [-0.15, -0.1) is 0 Å². The number of piperidine rings is 1. The van der Waals surface area contributed by atoms with Gasteiger partial charge in [-0.05, 0) is 52.5 Å². The Morgan fingerprint density at radius 2 is 1.93 bits per heavy atom. The van der Waals surface area contributed by atoms with Crippen molar-refractivity contribution in [3.05, 3.63) is 0 Å². The van der Waals surface area contributed by atoms with Gasteiger partial charge in [-0.2, -0.15) is 0 Å². The number of hydrogen-bond donors (Lipinski definition) is 2. The SMILES string of the molecule is CN(CN)C1CCN(CCCN)CC1. The minimum atomic E-state index is 0.674. The molecular weight excluding hydrogens is 176 g/mol. The molecule has 1 rings (SSSR count). The van der Waals surface area contributed by atoms with Crippen LogP contribution in [0.15, 0.2) is 0 Å². The zero-order valence-corrected chi connectivity index (χ0v) is 9.28. The van der Waals surface area contributed by atoms with Gasteiger partial charge in [0.25, 0.3) is 0 Å². The molecule has 1 aliphatic rings. The molecule has 0 aromatic heterocycles. The molecule has 1 fully saturated rings. The molecule has 4 heteroatoms. The lowest BCUT2D eigenvalue weighted by atomic mass is 10.0. The highest BCUT2D eigenvalue weighted by Gasteiger charge is 2.20. The number of likely N-dealkylation sites (tertiary alicyclic amines) is 1. The Hall–Kier alpha value is -0.160. The Labute approximate surface area is 87.2 Å². The minimum absolute atomic E-state index is 0.674. The van der Waals surface area contributed by atoms with Crippen molar-refractivity contribution in [2.75, 3.05) is 39.9 Å². The van der Waals surface area contributed by atoms with E-state index in [2.05, 4.69) is 16.8 Å². The first kappa shape index (κ1) is 11.9. The van der Waals surface area contributed by atoms with Crippen LogP contribution in [0.5, 0.6) is 0 Å². The highest BCUT2D eigenvalue weighted by molar-refractivity contribution is 4.77. The van der Waals surface area contributed by atoms with Gasteiger partial charge < -0.3 is 16.4 Å². The zero-order chi connectivity index (χ0) is 10.4. The monoisotopic (exact) mass is 200 g/mol. The lowest BCUT2D eigenvalue weighted by Gasteiger charge is -2.36. The molecule has 4 nitrogen and oxygen atoms in total. The summed E-state index contributed by atoms with van der Waals surface area (Å²) in [4.78, 5) is 4.76. The molecule has 0 aromatic carbocycles. The predicted molar refractivity (Wildman–Crippen MR) is 60.0 cm³/mol. The van der Waals surface area contributed by atoms with E-state index in [1.165, 1.54) is 25.9 Å². The topological polar surface area (TPSA) is 58.5 Å². The largest absolute Gasteiger partial charge is 0.330 e. The molecule has 0 aromatic rings. The fraction of sp³-hybridized carbons (Fsp3) is 1.00. The summed E-state index contributed by atoms with van der Waals surface area (Å²) in [7, 11) is 2.11. The number of nitrogens with two attached hydrogens (primary N) is 2. The van der Waals surface area contributed by atoms with Gasteiger partial charge in [0, 0.05) is 12.7 Å². The molecule has 0 spiro atoms. The molecule has 84 valence electrons. The van der Waals surface area contributed by atoms with Crippen molar-refractivity contribution < 1.29 is 0 Å². The average molecular weight is 200 g/mol. The molecule has 1 heterocycles. The van der Waals surface area contributed by atoms with Crippen LogP contribution < -0.4 is 11.5 Å². The van der Waals surface area contributed by atoms with Gasteiger partial charge in [-0.1, -0.05) is 0 Å². The van der Waals surface area contributed by atoms with E-state index in [1.807, 2.05) is 0 Å². The summed E-state index contributed by atoms with van der Waals surface area (Å²) in [6.07, 6.45) is 3.62. The molecule has 14 heavy (non-hydrogen) atoms. The summed E-state index contributed by atoms with van der Waals surface area (Å²) >= 11 is 0. The van der Waals surface area contributed by atoms with Gasteiger partial charge in [0.05, 0.1) is 0 Å². The van der Waals surface area contributed by atoms with Crippen LogP contribution in [-0.2, 0) is 0 Å². The van der Waals surface area contributed by atoms with Crippen LogP contribution in [0.25, 0.3) is 0 Å². The van der Waals surface area contributed by atoms with Crippen molar-refractivity contribution in [3.63, 3.8) is 0 Å². The standard InChI is InChI=1S/C10H24N4/c1-13(9-12)10-3-7-14(8-4-10)6-2-5-11/h10H,2-9,11-12H2,1H3. The fourth-order valence-corrected chi connectivity index (χ4v) is 2.05. The van der Waals surface area contributed by atoms with Crippen LogP contribution in [0.3, 0.4) is 0 Å². The van der Waals surface area contributed by atoms with Crippen molar-refractivity contribution >= 4 is 0 Å². The molecule has 0 bridgehead atoms. The van der Waals surface area contributed by atoms with Crippen LogP contribution in [0.1, 0.15) is 19.3 Å². The third-order valence-corrected chi connectivity index (χ3v) is 3.15. The van der Waals surface area contributed by atoms with Gasteiger partial charge in [-0.3, -0.25) is 4.90 Å². The van der Waals surface area contributed by atoms with Crippen LogP contribution in [0.2, 0.25) is 0 Å². The zero-order valence-electron chi connectivity index (χ0n) is 9.28. The van der Waals surface area contributed by atoms with E-state index < -0.39 is 0 Å². The molecule has 1 saturated heterocycles. The Morgan fingerprint density at radius 3 is 2.43 bits per heavy atom. The predicted octanol–water partition coefficient (Wildman–Crippen LogP) is -0.352. The second kappa shape index (κ2) is 6.35. The minimum Gasteiger partial charge on any atom is -0.330 e. The van der Waals surface area contributed by atoms with Gasteiger partial charge in [0.2, 0.25) is 0 Å². The van der Waals surface area contributed by atoms with Crippen LogP contribution >= 0.6 is 0 Å². The molecule has 0 saturated carbocycles. The van der Waals surface area contributed by atoms with E-state index >= 15 is 0 Å². The maximum absolute atomic E-state index is 5.61. The molecule has 0 amide bonds. The molecule has 4 N–H and O–H groups in total. The number of nitrogens with zero attached hydrogens (tertiary/aromatic N) is 2. The quantitative estimate of drug-likeness (QED) is 0.596. The van der Waals surface area contributed by atoms with Crippen molar-refractivity contribution in [1.29, 1.82) is 0 Å². The van der Waals surface area contributed by atoms with E-state index in [9.17, 15) is 0 Å². The summed E-state index contributed by atoms with van der Waals surface area (Å²) < 4.78 is 0. The first-order valence-corrected chi connectivity index (χ1v) is 5.60. The second-order valence-corrected chi connectivity index (χ2v) is 4.15. The van der Waals surface area contributed by atoms with Gasteiger partial charge in [-0.25, -0.2) is 0 Å². The Kier molecular flexibility index (Phi) is 5.40. The van der Waals surface area contributed by atoms with E-state index in [1.54, 1.807) is 0 Å². The molecule has 0 atom stereocenters. The molecule has 0 unspecified atom stereocenters. The maximum atomic E-state index is 5.61. The third kappa shape index (κ3) is 3.53. The lowest BCUT2D eigenvalue weighted by Crippen LogP contribution is -2.45. The first-order chi connectivity index (χ1) is 6.77. The van der Waals surface area contributed by atoms with E-state index in [0.717, 1.165) is 19.5 Å². The van der Waals surface area contributed by atoms with Crippen molar-refractivity contribution in [2.24, 2.45) is 11.5 Å². The Bertz CT molecular complexity index is 143. The summed E-state index contributed by atoms with van der Waals surface area (Å²) in [6, 6.07) is 0.689. The highest BCUT2D eigenvalue weighted by atomic mass is 15.2. The summed E-state index contributed by atoms with van der Waals surface area (Å²) in [5.74, 6) is 0. The molecule has 1 aliphatic heterocycles. The summed E-state index contributed by atoms with van der Waals surface area (Å²) in [5.41, 5.74) is 11.1. The second-order valence-electron chi connectivity index (χ2n) is 4.15. The first-order valence-electron chi connectivity index (χ1n) is 5.60. The van der Waals surface area contributed by atoms with E-state index in [4.69, 9.17) is 11.5 Å². The average Bonchev–Trinajstić information content (AvgIpc) is 2.26. The maximum Gasteiger partial charge on any atom is 0.0455 e. The summed E-state index contributed by atoms with van der Waals surface area (Å²) in [6.45, 7) is 5.05. The van der Waals surface area contributed by atoms with Crippen molar-refractivity contribution in [3.8, 4) is 0 Å². The normalized spacial score (nSPS) is 20.6. The van der Waals surface area contributed by atoms with Crippen LogP contribution in [-0.4, -0.2) is 55.7 Å². The van der Waals surface area contributed by atoms with Crippen molar-refractivity contribution in [2.45, 2.75) is 25.3 Å². The number of hydrogen-bond acceptors (Lipinski definition) is 4.